The molecule has 35 heavy (non-hydrogen) atoms. The highest BCUT2D eigenvalue weighted by atomic mass is 32.2. The number of methoxy groups -OCH3 is 1. The molecule has 0 radical (unpaired) electrons. The van der Waals surface area contributed by atoms with Crippen molar-refractivity contribution >= 4 is 40.3 Å². The summed E-state index contributed by atoms with van der Waals surface area (Å²) in [7, 11) is 1.61. The van der Waals surface area contributed by atoms with Gasteiger partial charge in [-0.1, -0.05) is 18.2 Å². The van der Waals surface area contributed by atoms with E-state index < -0.39 is 0 Å². The summed E-state index contributed by atoms with van der Waals surface area (Å²) < 4.78 is 11.1. The van der Waals surface area contributed by atoms with Crippen LogP contribution >= 0.6 is 11.8 Å². The largest absolute Gasteiger partial charge is 0.493 e. The third-order valence-corrected chi connectivity index (χ3v) is 7.02. The quantitative estimate of drug-likeness (QED) is 0.348. The number of hydrogen-bond donors (Lipinski definition) is 0. The van der Waals surface area contributed by atoms with Crippen LogP contribution in [-0.2, 0) is 4.79 Å². The van der Waals surface area contributed by atoms with E-state index in [2.05, 4.69) is 33.8 Å². The number of aliphatic imine (C=N–C) groups is 1. The van der Waals surface area contributed by atoms with Crippen molar-refractivity contribution in [3.63, 3.8) is 0 Å². The molecule has 1 aliphatic heterocycles. The van der Waals surface area contributed by atoms with Gasteiger partial charge in [-0.05, 0) is 117 Å². The second-order valence-electron chi connectivity index (χ2n) is 8.53. The number of hydrogen-bond acceptors (Lipinski definition) is 5. The van der Waals surface area contributed by atoms with Gasteiger partial charge in [0.15, 0.2) is 16.7 Å². The first-order valence-corrected chi connectivity index (χ1v) is 12.4. The van der Waals surface area contributed by atoms with E-state index in [1.165, 1.54) is 22.9 Å². The summed E-state index contributed by atoms with van der Waals surface area (Å²) in [5.41, 5.74) is 7.16. The summed E-state index contributed by atoms with van der Waals surface area (Å²) in [6.45, 7) is 10.7. The van der Waals surface area contributed by atoms with Crippen LogP contribution in [0.2, 0.25) is 0 Å². The molecule has 5 nitrogen and oxygen atoms in total. The number of ether oxygens (including phenoxy) is 2. The molecule has 0 bridgehead atoms. The SMILES string of the molecule is CCOc1cc(/C=C2/SC(=Nc3ccc(C)c(C)c3)N(c3ccc(C)c(C)c3)C2=O)ccc1OC. The van der Waals surface area contributed by atoms with E-state index >= 15 is 0 Å². The van der Waals surface area contributed by atoms with Crippen LogP contribution in [0.1, 0.15) is 34.7 Å². The summed E-state index contributed by atoms with van der Waals surface area (Å²) in [6, 6.07) is 17.8. The van der Waals surface area contributed by atoms with Gasteiger partial charge in [0.2, 0.25) is 0 Å². The van der Waals surface area contributed by atoms with Gasteiger partial charge in [-0.2, -0.15) is 0 Å². The Bertz CT molecular complexity index is 1340. The van der Waals surface area contributed by atoms with E-state index in [1.807, 2.05) is 61.5 Å². The summed E-state index contributed by atoms with van der Waals surface area (Å²) in [6.07, 6.45) is 1.88. The molecular formula is C29H30N2O3S. The first-order valence-electron chi connectivity index (χ1n) is 11.6. The third-order valence-electron chi connectivity index (χ3n) is 6.06. The van der Waals surface area contributed by atoms with Gasteiger partial charge < -0.3 is 9.47 Å². The smallest absolute Gasteiger partial charge is 0.271 e. The molecule has 3 aromatic carbocycles. The highest BCUT2D eigenvalue weighted by Crippen LogP contribution is 2.39. The Morgan fingerprint density at radius 3 is 2.26 bits per heavy atom. The van der Waals surface area contributed by atoms with Gasteiger partial charge in [0.1, 0.15) is 0 Å². The number of benzene rings is 3. The van der Waals surface area contributed by atoms with Crippen LogP contribution < -0.4 is 14.4 Å². The molecule has 0 aliphatic carbocycles. The van der Waals surface area contributed by atoms with Crippen LogP contribution in [0.25, 0.3) is 6.08 Å². The summed E-state index contributed by atoms with van der Waals surface area (Å²) >= 11 is 1.38. The van der Waals surface area contributed by atoms with Gasteiger partial charge in [-0.15, -0.1) is 0 Å². The van der Waals surface area contributed by atoms with Crippen LogP contribution in [0.3, 0.4) is 0 Å². The van der Waals surface area contributed by atoms with E-state index in [4.69, 9.17) is 14.5 Å². The van der Waals surface area contributed by atoms with Crippen molar-refractivity contribution in [2.75, 3.05) is 18.6 Å². The molecule has 3 aromatic rings. The number of amides is 1. The lowest BCUT2D eigenvalue weighted by molar-refractivity contribution is -0.113. The van der Waals surface area contributed by atoms with Gasteiger partial charge in [0.05, 0.1) is 30.0 Å². The highest BCUT2D eigenvalue weighted by molar-refractivity contribution is 8.19. The molecule has 0 unspecified atom stereocenters. The van der Waals surface area contributed by atoms with Crippen LogP contribution in [0, 0.1) is 27.7 Å². The van der Waals surface area contributed by atoms with Crippen LogP contribution in [0.15, 0.2) is 64.5 Å². The maximum atomic E-state index is 13.7. The van der Waals surface area contributed by atoms with Crippen molar-refractivity contribution in [3.05, 3.63) is 87.3 Å². The Morgan fingerprint density at radius 2 is 1.60 bits per heavy atom. The fraction of sp³-hybridized carbons (Fsp3) is 0.241. The zero-order chi connectivity index (χ0) is 25.1. The normalized spacial score (nSPS) is 15.8. The Kier molecular flexibility index (Phi) is 7.31. The molecule has 180 valence electrons. The monoisotopic (exact) mass is 486 g/mol. The van der Waals surface area contributed by atoms with Gasteiger partial charge in [-0.25, -0.2) is 4.99 Å². The maximum absolute atomic E-state index is 13.7. The van der Waals surface area contributed by atoms with Crippen LogP contribution in [0.5, 0.6) is 11.5 Å². The number of thioether (sulfide) groups is 1. The second kappa shape index (κ2) is 10.4. The first kappa shape index (κ1) is 24.6. The van der Waals surface area contributed by atoms with Gasteiger partial charge in [0.25, 0.3) is 5.91 Å². The minimum Gasteiger partial charge on any atom is -0.493 e. The van der Waals surface area contributed by atoms with E-state index in [-0.39, 0.29) is 5.91 Å². The summed E-state index contributed by atoms with van der Waals surface area (Å²) in [5.74, 6) is 1.21. The van der Waals surface area contributed by atoms with Crippen LogP contribution in [-0.4, -0.2) is 24.8 Å². The van der Waals surface area contributed by atoms with Crippen molar-refractivity contribution in [2.24, 2.45) is 4.99 Å². The molecule has 4 rings (SSSR count). The van der Waals surface area contributed by atoms with Gasteiger partial charge >= 0.3 is 0 Å². The molecule has 1 aliphatic rings. The molecule has 6 heteroatoms. The molecule has 0 saturated carbocycles. The number of carbonyl (C=O) groups excluding carboxylic acids is 1. The molecule has 0 atom stereocenters. The Morgan fingerprint density at radius 1 is 0.886 bits per heavy atom. The Hall–Kier alpha value is -3.51. The molecule has 0 aromatic heterocycles. The Balaban J connectivity index is 1.78. The van der Waals surface area contributed by atoms with Crippen molar-refractivity contribution in [1.29, 1.82) is 0 Å². The topological polar surface area (TPSA) is 51.1 Å². The molecule has 0 N–H and O–H groups in total. The zero-order valence-electron chi connectivity index (χ0n) is 21.0. The molecule has 1 amide bonds. The molecule has 0 spiro atoms. The van der Waals surface area contributed by atoms with Crippen LogP contribution in [0.4, 0.5) is 11.4 Å². The fourth-order valence-corrected chi connectivity index (χ4v) is 4.75. The standard InChI is InChI=1S/C29H30N2O3S/c1-7-34-26-16-22(10-13-25(26)33-6)17-27-28(32)31(24-12-9-19(3)21(5)15-24)29(35-27)30-23-11-8-18(2)20(4)14-23/h8-17H,7H2,1-6H3/b27-17+,30-29?. The lowest BCUT2D eigenvalue weighted by Crippen LogP contribution is -2.28. The zero-order valence-corrected chi connectivity index (χ0v) is 21.8. The van der Waals surface area contributed by atoms with E-state index in [0.717, 1.165) is 28.1 Å². The van der Waals surface area contributed by atoms with Crippen molar-refractivity contribution < 1.29 is 14.3 Å². The fourth-order valence-electron chi connectivity index (χ4n) is 3.75. The van der Waals surface area contributed by atoms with Crippen molar-refractivity contribution in [1.82, 2.24) is 0 Å². The first-order chi connectivity index (χ1) is 16.8. The van der Waals surface area contributed by atoms with Crippen molar-refractivity contribution in [2.45, 2.75) is 34.6 Å². The summed E-state index contributed by atoms with van der Waals surface area (Å²) in [4.78, 5) is 20.8. The highest BCUT2D eigenvalue weighted by Gasteiger charge is 2.35. The second-order valence-corrected chi connectivity index (χ2v) is 9.54. The van der Waals surface area contributed by atoms with Gasteiger partial charge in [0, 0.05) is 0 Å². The lowest BCUT2D eigenvalue weighted by Gasteiger charge is -2.17. The van der Waals surface area contributed by atoms with Crippen molar-refractivity contribution in [3.8, 4) is 11.5 Å². The predicted molar refractivity (Wildman–Crippen MR) is 146 cm³/mol. The van der Waals surface area contributed by atoms with E-state index in [1.54, 1.807) is 12.0 Å². The van der Waals surface area contributed by atoms with E-state index in [9.17, 15) is 4.79 Å². The number of aryl methyl sites for hydroxylation is 4. The number of nitrogens with zero attached hydrogens (tertiary/aromatic N) is 2. The number of carbonyl (C=O) groups is 1. The minimum atomic E-state index is -0.102. The molecule has 1 heterocycles. The average molecular weight is 487 g/mol. The Labute approximate surface area is 211 Å². The number of anilines is 1. The third kappa shape index (κ3) is 5.28. The minimum absolute atomic E-state index is 0.102. The number of rotatable bonds is 6. The maximum Gasteiger partial charge on any atom is 0.271 e. The molecule has 1 saturated heterocycles. The molecular weight excluding hydrogens is 456 g/mol. The lowest BCUT2D eigenvalue weighted by atomic mass is 10.1. The van der Waals surface area contributed by atoms with Gasteiger partial charge in [-0.3, -0.25) is 9.69 Å². The summed E-state index contributed by atoms with van der Waals surface area (Å²) in [5, 5.41) is 0.631. The average Bonchev–Trinajstić information content (AvgIpc) is 3.13. The van der Waals surface area contributed by atoms with E-state index in [0.29, 0.717) is 28.2 Å². The predicted octanol–water partition coefficient (Wildman–Crippen LogP) is 7.14. The molecule has 1 fully saturated rings. The number of amidine groups is 1.